The lowest BCUT2D eigenvalue weighted by Crippen LogP contribution is -2.26. The molecule has 0 saturated heterocycles. The van der Waals surface area contributed by atoms with E-state index in [0.29, 0.717) is 0 Å². The highest BCUT2D eigenvalue weighted by atomic mass is 32.2. The summed E-state index contributed by atoms with van der Waals surface area (Å²) in [5, 5.41) is -1.56. The Balaban J connectivity index is 3.06. The largest absolute Gasteiger partial charge is 0.496 e. The van der Waals surface area contributed by atoms with Gasteiger partial charge >= 0.3 is 0 Å². The van der Waals surface area contributed by atoms with E-state index in [1.165, 1.54) is 25.3 Å². The first-order valence-corrected chi connectivity index (χ1v) is 6.66. The Morgan fingerprint density at radius 3 is 2.44 bits per heavy atom. The highest BCUT2D eigenvalue weighted by Gasteiger charge is 2.39. The summed E-state index contributed by atoms with van der Waals surface area (Å²) in [6.45, 7) is 1.03. The molecule has 0 bridgehead atoms. The third-order valence-corrected chi connectivity index (χ3v) is 3.74. The first kappa shape index (κ1) is 14.8. The van der Waals surface area contributed by atoms with Gasteiger partial charge in [-0.05, 0) is 19.1 Å². The van der Waals surface area contributed by atoms with Gasteiger partial charge in [0.1, 0.15) is 5.75 Å². The molecule has 0 radical (unpaired) electrons. The number of alkyl halides is 2. The summed E-state index contributed by atoms with van der Waals surface area (Å²) in [5.74, 6) is -3.42. The minimum absolute atomic E-state index is 0.0231. The molecule has 7 heteroatoms. The highest BCUT2D eigenvalue weighted by molar-refractivity contribution is 7.86. The molecule has 18 heavy (non-hydrogen) atoms. The number of benzene rings is 1. The second-order valence-electron chi connectivity index (χ2n) is 3.93. The summed E-state index contributed by atoms with van der Waals surface area (Å²) in [7, 11) is -3.23. The standard InChI is InChI=1S/C11H14F2O4S/c1-8(18(14,15)16)7-11(12,13)9-5-3-4-6-10(9)17-2/h3-6,8H,7H2,1-2H3,(H,14,15,16). The molecule has 1 atom stereocenters. The Kier molecular flexibility index (Phi) is 4.28. The molecule has 102 valence electrons. The third-order valence-electron chi connectivity index (χ3n) is 2.55. The van der Waals surface area contributed by atoms with Crippen molar-refractivity contribution in [2.75, 3.05) is 7.11 Å². The van der Waals surface area contributed by atoms with Crippen LogP contribution in [0.4, 0.5) is 8.78 Å². The van der Waals surface area contributed by atoms with Gasteiger partial charge in [-0.25, -0.2) is 8.78 Å². The van der Waals surface area contributed by atoms with Crippen molar-refractivity contribution in [2.45, 2.75) is 24.5 Å². The fourth-order valence-corrected chi connectivity index (χ4v) is 1.94. The Morgan fingerprint density at radius 1 is 1.39 bits per heavy atom. The van der Waals surface area contributed by atoms with Crippen molar-refractivity contribution in [3.05, 3.63) is 29.8 Å². The van der Waals surface area contributed by atoms with Gasteiger partial charge in [0, 0.05) is 6.42 Å². The van der Waals surface area contributed by atoms with Crippen LogP contribution in [0.25, 0.3) is 0 Å². The van der Waals surface area contributed by atoms with Crippen LogP contribution in [-0.2, 0) is 16.0 Å². The van der Waals surface area contributed by atoms with Gasteiger partial charge < -0.3 is 4.74 Å². The molecule has 1 aromatic rings. The number of hydrogen-bond acceptors (Lipinski definition) is 3. The molecule has 0 aliphatic carbocycles. The van der Waals surface area contributed by atoms with Crippen LogP contribution in [-0.4, -0.2) is 25.3 Å². The summed E-state index contributed by atoms with van der Waals surface area (Å²) in [4.78, 5) is 0. The van der Waals surface area contributed by atoms with Crippen molar-refractivity contribution in [1.82, 2.24) is 0 Å². The average molecular weight is 280 g/mol. The van der Waals surface area contributed by atoms with Crippen molar-refractivity contribution in [1.29, 1.82) is 0 Å². The van der Waals surface area contributed by atoms with Crippen LogP contribution in [0.2, 0.25) is 0 Å². The topological polar surface area (TPSA) is 63.6 Å². The Hall–Kier alpha value is -1.21. The molecular weight excluding hydrogens is 266 g/mol. The van der Waals surface area contributed by atoms with Crippen LogP contribution in [0.1, 0.15) is 18.9 Å². The zero-order chi connectivity index (χ0) is 14.0. The quantitative estimate of drug-likeness (QED) is 0.841. The summed E-state index contributed by atoms with van der Waals surface area (Å²) < 4.78 is 63.0. The lowest BCUT2D eigenvalue weighted by atomic mass is 10.0. The molecule has 0 saturated carbocycles. The van der Waals surface area contributed by atoms with Crippen LogP contribution >= 0.6 is 0 Å². The van der Waals surface area contributed by atoms with Gasteiger partial charge in [0.15, 0.2) is 0 Å². The normalized spacial score (nSPS) is 14.3. The first-order chi connectivity index (χ1) is 8.18. The summed E-state index contributed by atoms with van der Waals surface area (Å²) in [6.07, 6.45) is -1.01. The van der Waals surface area contributed by atoms with Gasteiger partial charge in [-0.2, -0.15) is 8.42 Å². The van der Waals surface area contributed by atoms with Gasteiger partial charge in [-0.15, -0.1) is 0 Å². The highest BCUT2D eigenvalue weighted by Crippen LogP contribution is 2.39. The molecule has 0 aliphatic heterocycles. The molecule has 0 aliphatic rings. The molecule has 1 unspecified atom stereocenters. The zero-order valence-electron chi connectivity index (χ0n) is 9.93. The van der Waals surface area contributed by atoms with E-state index in [4.69, 9.17) is 9.29 Å². The molecule has 0 heterocycles. The SMILES string of the molecule is COc1ccccc1C(F)(F)CC(C)S(=O)(=O)O. The van der Waals surface area contributed by atoms with E-state index in [9.17, 15) is 17.2 Å². The van der Waals surface area contributed by atoms with Crippen molar-refractivity contribution < 1.29 is 26.5 Å². The molecule has 1 aromatic carbocycles. The third kappa shape index (κ3) is 3.39. The van der Waals surface area contributed by atoms with E-state index in [1.54, 1.807) is 0 Å². The maximum atomic E-state index is 13.9. The predicted octanol–water partition coefficient (Wildman–Crippen LogP) is 2.45. The molecule has 1 N–H and O–H groups in total. The van der Waals surface area contributed by atoms with E-state index in [2.05, 4.69) is 0 Å². The Labute approximate surface area is 104 Å². The van der Waals surface area contributed by atoms with Gasteiger partial charge in [0.2, 0.25) is 0 Å². The number of hydrogen-bond donors (Lipinski definition) is 1. The van der Waals surface area contributed by atoms with Crippen LogP contribution in [0, 0.1) is 0 Å². The van der Waals surface area contributed by atoms with E-state index in [1.807, 2.05) is 0 Å². The Morgan fingerprint density at radius 2 is 1.94 bits per heavy atom. The van der Waals surface area contributed by atoms with Gasteiger partial charge in [-0.1, -0.05) is 12.1 Å². The minimum atomic E-state index is -4.48. The molecule has 1 rings (SSSR count). The lowest BCUT2D eigenvalue weighted by Gasteiger charge is -2.21. The van der Waals surface area contributed by atoms with E-state index in [-0.39, 0.29) is 5.75 Å². The second kappa shape index (κ2) is 5.19. The number of methoxy groups -OCH3 is 1. The van der Waals surface area contributed by atoms with Crippen LogP contribution in [0.5, 0.6) is 5.75 Å². The van der Waals surface area contributed by atoms with E-state index in [0.717, 1.165) is 13.0 Å². The van der Waals surface area contributed by atoms with Crippen molar-refractivity contribution in [3.63, 3.8) is 0 Å². The van der Waals surface area contributed by atoms with Crippen molar-refractivity contribution in [3.8, 4) is 5.75 Å². The van der Waals surface area contributed by atoms with Crippen molar-refractivity contribution in [2.24, 2.45) is 0 Å². The molecule has 0 amide bonds. The minimum Gasteiger partial charge on any atom is -0.496 e. The summed E-state index contributed by atoms with van der Waals surface area (Å²) >= 11 is 0. The molecule has 0 aromatic heterocycles. The smallest absolute Gasteiger partial charge is 0.278 e. The van der Waals surface area contributed by atoms with Crippen LogP contribution < -0.4 is 4.74 Å². The van der Waals surface area contributed by atoms with Gasteiger partial charge in [0.25, 0.3) is 16.0 Å². The monoisotopic (exact) mass is 280 g/mol. The fourth-order valence-electron chi connectivity index (χ4n) is 1.52. The van der Waals surface area contributed by atoms with Gasteiger partial charge in [0.05, 0.1) is 17.9 Å². The molecular formula is C11H14F2O4S. The first-order valence-electron chi connectivity index (χ1n) is 5.16. The van der Waals surface area contributed by atoms with E-state index >= 15 is 0 Å². The molecule has 0 spiro atoms. The van der Waals surface area contributed by atoms with E-state index < -0.39 is 33.3 Å². The molecule has 4 nitrogen and oxygen atoms in total. The number of halogens is 2. The molecule has 0 fully saturated rings. The second-order valence-corrected chi connectivity index (χ2v) is 5.77. The summed E-state index contributed by atoms with van der Waals surface area (Å²) in [6, 6.07) is 5.46. The lowest BCUT2D eigenvalue weighted by molar-refractivity contribution is -0.0157. The fraction of sp³-hybridized carbons (Fsp3) is 0.455. The average Bonchev–Trinajstić information content (AvgIpc) is 2.27. The zero-order valence-corrected chi connectivity index (χ0v) is 10.7. The van der Waals surface area contributed by atoms with Crippen LogP contribution in [0.3, 0.4) is 0 Å². The Bertz CT molecular complexity index is 514. The number of rotatable bonds is 5. The summed E-state index contributed by atoms with van der Waals surface area (Å²) in [5.41, 5.74) is -0.400. The predicted molar refractivity (Wildman–Crippen MR) is 62.5 cm³/mol. The number of ether oxygens (including phenoxy) is 1. The van der Waals surface area contributed by atoms with Crippen molar-refractivity contribution >= 4 is 10.1 Å². The van der Waals surface area contributed by atoms with Gasteiger partial charge in [-0.3, -0.25) is 4.55 Å². The number of para-hydroxylation sites is 1. The maximum absolute atomic E-state index is 13.9. The van der Waals surface area contributed by atoms with Crippen LogP contribution in [0.15, 0.2) is 24.3 Å². The maximum Gasteiger partial charge on any atom is 0.278 e.